The fraction of sp³-hybridized carbons (Fsp3) is 0.250. The third-order valence-corrected chi connectivity index (χ3v) is 3.63. The van der Waals surface area contributed by atoms with Gasteiger partial charge in [-0.3, -0.25) is 0 Å². The van der Waals surface area contributed by atoms with Gasteiger partial charge in [-0.25, -0.2) is 0 Å². The van der Waals surface area contributed by atoms with Crippen LogP contribution < -0.4 is 10.1 Å². The van der Waals surface area contributed by atoms with Gasteiger partial charge in [-0.15, -0.1) is 0 Å². The van der Waals surface area contributed by atoms with Crippen LogP contribution in [0.5, 0.6) is 11.5 Å². The highest BCUT2D eigenvalue weighted by atomic mass is 35.5. The standard InChI is InChI=1S/C16H16Cl3NO/c1-2-5-20-10-11-3-4-14(9-16(11)19)21-15-7-12(17)6-13(18)8-15/h3-4,6-9,20H,2,5,10H2,1H3. The first-order valence-corrected chi connectivity index (χ1v) is 7.85. The van der Waals surface area contributed by atoms with E-state index in [9.17, 15) is 0 Å². The molecule has 2 aromatic rings. The first-order chi connectivity index (χ1) is 10.1. The van der Waals surface area contributed by atoms with Crippen molar-refractivity contribution in [3.05, 3.63) is 57.0 Å². The molecular formula is C16H16Cl3NO. The van der Waals surface area contributed by atoms with E-state index in [1.165, 1.54) is 0 Å². The van der Waals surface area contributed by atoms with E-state index in [1.807, 2.05) is 12.1 Å². The van der Waals surface area contributed by atoms with E-state index in [2.05, 4.69) is 12.2 Å². The molecule has 0 aliphatic rings. The lowest BCUT2D eigenvalue weighted by molar-refractivity contribution is 0.482. The summed E-state index contributed by atoms with van der Waals surface area (Å²) in [5.74, 6) is 1.23. The number of nitrogens with one attached hydrogen (secondary N) is 1. The Bertz CT molecular complexity index is 596. The largest absolute Gasteiger partial charge is 0.457 e. The van der Waals surface area contributed by atoms with Crippen molar-refractivity contribution < 1.29 is 4.74 Å². The summed E-state index contributed by atoms with van der Waals surface area (Å²) in [4.78, 5) is 0. The molecule has 0 saturated carbocycles. The number of benzene rings is 2. The van der Waals surface area contributed by atoms with Crippen molar-refractivity contribution in [1.82, 2.24) is 5.32 Å². The van der Waals surface area contributed by atoms with Gasteiger partial charge in [0, 0.05) is 21.6 Å². The number of rotatable bonds is 6. The second-order valence-corrected chi connectivity index (χ2v) is 5.92. The molecule has 0 heterocycles. The summed E-state index contributed by atoms with van der Waals surface area (Å²) in [6, 6.07) is 10.7. The summed E-state index contributed by atoms with van der Waals surface area (Å²) in [6.07, 6.45) is 1.09. The average Bonchev–Trinajstić information content (AvgIpc) is 2.40. The molecule has 2 rings (SSSR count). The maximum atomic E-state index is 6.26. The predicted molar refractivity (Wildman–Crippen MR) is 90.0 cm³/mol. The van der Waals surface area contributed by atoms with Crippen molar-refractivity contribution in [3.63, 3.8) is 0 Å². The van der Waals surface area contributed by atoms with Gasteiger partial charge < -0.3 is 10.1 Å². The lowest BCUT2D eigenvalue weighted by Gasteiger charge is -2.10. The second kappa shape index (κ2) is 7.90. The molecule has 1 N–H and O–H groups in total. The Morgan fingerprint density at radius 3 is 2.29 bits per heavy atom. The highest BCUT2D eigenvalue weighted by Crippen LogP contribution is 2.30. The highest BCUT2D eigenvalue weighted by Gasteiger charge is 2.05. The first kappa shape index (κ1) is 16.4. The van der Waals surface area contributed by atoms with E-state index in [0.29, 0.717) is 26.6 Å². The molecule has 0 atom stereocenters. The molecule has 0 unspecified atom stereocenters. The third kappa shape index (κ3) is 5.08. The SMILES string of the molecule is CCCNCc1ccc(Oc2cc(Cl)cc(Cl)c2)cc1Cl. The first-order valence-electron chi connectivity index (χ1n) is 6.71. The maximum absolute atomic E-state index is 6.26. The van der Waals surface area contributed by atoms with Gasteiger partial charge in [0.1, 0.15) is 11.5 Å². The fourth-order valence-corrected chi connectivity index (χ4v) is 2.60. The number of hydrogen-bond acceptors (Lipinski definition) is 2. The number of ether oxygens (including phenoxy) is 1. The molecule has 0 fully saturated rings. The molecule has 112 valence electrons. The van der Waals surface area contributed by atoms with Crippen LogP contribution in [0.2, 0.25) is 15.1 Å². The average molecular weight is 345 g/mol. The van der Waals surface area contributed by atoms with Gasteiger partial charge >= 0.3 is 0 Å². The zero-order chi connectivity index (χ0) is 15.2. The van der Waals surface area contributed by atoms with Crippen LogP contribution in [0.15, 0.2) is 36.4 Å². The lowest BCUT2D eigenvalue weighted by atomic mass is 10.2. The van der Waals surface area contributed by atoms with E-state index in [4.69, 9.17) is 39.5 Å². The molecule has 0 aromatic heterocycles. The topological polar surface area (TPSA) is 21.3 Å². The van der Waals surface area contributed by atoms with Crippen molar-refractivity contribution in [3.8, 4) is 11.5 Å². The molecule has 2 aromatic carbocycles. The van der Waals surface area contributed by atoms with E-state index < -0.39 is 0 Å². The lowest BCUT2D eigenvalue weighted by Crippen LogP contribution is -2.13. The van der Waals surface area contributed by atoms with Gasteiger partial charge in [-0.2, -0.15) is 0 Å². The Balaban J connectivity index is 2.09. The molecule has 0 saturated heterocycles. The molecule has 5 heteroatoms. The van der Waals surface area contributed by atoms with Crippen molar-refractivity contribution in [1.29, 1.82) is 0 Å². The van der Waals surface area contributed by atoms with Crippen LogP contribution in [0.3, 0.4) is 0 Å². The molecule has 2 nitrogen and oxygen atoms in total. The third-order valence-electron chi connectivity index (χ3n) is 2.84. The molecule has 0 spiro atoms. The van der Waals surface area contributed by atoms with Crippen molar-refractivity contribution in [2.75, 3.05) is 6.54 Å². The van der Waals surface area contributed by atoms with E-state index in [-0.39, 0.29) is 0 Å². The minimum Gasteiger partial charge on any atom is -0.457 e. The van der Waals surface area contributed by atoms with Crippen LogP contribution in [-0.2, 0) is 6.54 Å². The smallest absolute Gasteiger partial charge is 0.130 e. The molecule has 21 heavy (non-hydrogen) atoms. The van der Waals surface area contributed by atoms with Crippen LogP contribution in [0.1, 0.15) is 18.9 Å². The molecule has 0 aliphatic heterocycles. The summed E-state index contributed by atoms with van der Waals surface area (Å²) >= 11 is 18.2. The van der Waals surface area contributed by atoms with Gasteiger partial charge in [-0.05, 0) is 48.9 Å². The Morgan fingerprint density at radius 1 is 0.952 bits per heavy atom. The van der Waals surface area contributed by atoms with Crippen LogP contribution >= 0.6 is 34.8 Å². The summed E-state index contributed by atoms with van der Waals surface area (Å²) in [5, 5.41) is 5.05. The van der Waals surface area contributed by atoms with Gasteiger partial charge in [0.25, 0.3) is 0 Å². The van der Waals surface area contributed by atoms with E-state index in [1.54, 1.807) is 24.3 Å². The molecule has 0 radical (unpaired) electrons. The Kier molecular flexibility index (Phi) is 6.19. The molecule has 0 amide bonds. The van der Waals surface area contributed by atoms with Gasteiger partial charge in [0.2, 0.25) is 0 Å². The quantitative estimate of drug-likeness (QED) is 0.655. The van der Waals surface area contributed by atoms with Crippen molar-refractivity contribution >= 4 is 34.8 Å². The van der Waals surface area contributed by atoms with Crippen LogP contribution in [0.4, 0.5) is 0 Å². The van der Waals surface area contributed by atoms with Crippen molar-refractivity contribution in [2.45, 2.75) is 19.9 Å². The number of hydrogen-bond donors (Lipinski definition) is 1. The summed E-state index contributed by atoms with van der Waals surface area (Å²) in [7, 11) is 0. The van der Waals surface area contributed by atoms with E-state index >= 15 is 0 Å². The van der Waals surface area contributed by atoms with Crippen LogP contribution in [-0.4, -0.2) is 6.54 Å². The monoisotopic (exact) mass is 343 g/mol. The van der Waals surface area contributed by atoms with Gasteiger partial charge in [-0.1, -0.05) is 47.8 Å². The Hall–Kier alpha value is -0.930. The minimum absolute atomic E-state index is 0.531. The molecule has 0 bridgehead atoms. The van der Waals surface area contributed by atoms with Gasteiger partial charge in [0.05, 0.1) is 0 Å². The summed E-state index contributed by atoms with van der Waals surface area (Å²) in [6.45, 7) is 3.84. The van der Waals surface area contributed by atoms with Crippen LogP contribution in [0, 0.1) is 0 Å². The van der Waals surface area contributed by atoms with E-state index in [0.717, 1.165) is 25.1 Å². The predicted octanol–water partition coefficient (Wildman–Crippen LogP) is 5.94. The summed E-state index contributed by atoms with van der Waals surface area (Å²) < 4.78 is 5.73. The highest BCUT2D eigenvalue weighted by molar-refractivity contribution is 6.34. The molecule has 0 aliphatic carbocycles. The maximum Gasteiger partial charge on any atom is 0.130 e. The minimum atomic E-state index is 0.531. The Morgan fingerprint density at radius 2 is 1.67 bits per heavy atom. The summed E-state index contributed by atoms with van der Waals surface area (Å²) in [5.41, 5.74) is 1.04. The zero-order valence-electron chi connectivity index (χ0n) is 11.6. The zero-order valence-corrected chi connectivity index (χ0v) is 13.9. The molecular weight excluding hydrogens is 329 g/mol. The normalized spacial score (nSPS) is 10.7. The fourth-order valence-electron chi connectivity index (χ4n) is 1.86. The van der Waals surface area contributed by atoms with Crippen LogP contribution in [0.25, 0.3) is 0 Å². The van der Waals surface area contributed by atoms with Crippen molar-refractivity contribution in [2.24, 2.45) is 0 Å². The Labute approximate surface area is 140 Å². The van der Waals surface area contributed by atoms with Gasteiger partial charge in [0.15, 0.2) is 0 Å². The second-order valence-electron chi connectivity index (χ2n) is 4.64. The number of halogens is 3.